The van der Waals surface area contributed by atoms with E-state index in [1.54, 1.807) is 10.8 Å². The summed E-state index contributed by atoms with van der Waals surface area (Å²) < 4.78 is 6.39. The van der Waals surface area contributed by atoms with Crippen LogP contribution < -0.4 is 0 Å². The zero-order valence-corrected chi connectivity index (χ0v) is 10.3. The van der Waals surface area contributed by atoms with Gasteiger partial charge in [0, 0.05) is 18.8 Å². The van der Waals surface area contributed by atoms with E-state index in [1.165, 1.54) is 7.11 Å². The summed E-state index contributed by atoms with van der Waals surface area (Å²) in [7, 11) is 3.14. The third-order valence-corrected chi connectivity index (χ3v) is 2.67. The molecular formula is C13H14N2O3. The van der Waals surface area contributed by atoms with Crippen LogP contribution in [0.25, 0.3) is 11.4 Å². The molecule has 1 aromatic heterocycles. The molecule has 94 valence electrons. The molecule has 0 amide bonds. The number of rotatable bonds is 3. The van der Waals surface area contributed by atoms with Gasteiger partial charge in [0.2, 0.25) is 0 Å². The number of methoxy groups -OCH3 is 1. The van der Waals surface area contributed by atoms with Crippen molar-refractivity contribution in [1.29, 1.82) is 0 Å². The van der Waals surface area contributed by atoms with Crippen LogP contribution in [0, 0.1) is 0 Å². The summed E-state index contributed by atoms with van der Waals surface area (Å²) in [5.74, 6) is 0.226. The fourth-order valence-corrected chi connectivity index (χ4v) is 1.70. The van der Waals surface area contributed by atoms with Gasteiger partial charge in [-0.15, -0.1) is 0 Å². The monoisotopic (exact) mass is 246 g/mol. The predicted molar refractivity (Wildman–Crippen MR) is 65.9 cm³/mol. The Kier molecular flexibility index (Phi) is 3.43. The van der Waals surface area contributed by atoms with E-state index in [0.29, 0.717) is 5.82 Å². The number of aliphatic hydroxyl groups excluding tert-OH is 1. The van der Waals surface area contributed by atoms with Crippen LogP contribution in [0.1, 0.15) is 16.1 Å². The van der Waals surface area contributed by atoms with Crippen molar-refractivity contribution in [1.82, 2.24) is 9.55 Å². The van der Waals surface area contributed by atoms with Gasteiger partial charge in [-0.3, -0.25) is 0 Å². The number of aryl methyl sites for hydroxylation is 1. The molecule has 2 rings (SSSR count). The van der Waals surface area contributed by atoms with E-state index in [4.69, 9.17) is 5.11 Å². The van der Waals surface area contributed by atoms with E-state index >= 15 is 0 Å². The van der Waals surface area contributed by atoms with E-state index in [0.717, 1.165) is 11.1 Å². The van der Waals surface area contributed by atoms with E-state index in [2.05, 4.69) is 9.72 Å². The predicted octanol–water partition coefficient (Wildman–Crippen LogP) is 1.37. The smallest absolute Gasteiger partial charge is 0.358 e. The highest BCUT2D eigenvalue weighted by atomic mass is 16.5. The van der Waals surface area contributed by atoms with Crippen molar-refractivity contribution in [3.63, 3.8) is 0 Å². The fourth-order valence-electron chi connectivity index (χ4n) is 1.70. The van der Waals surface area contributed by atoms with Gasteiger partial charge in [0.25, 0.3) is 0 Å². The molecule has 0 radical (unpaired) electrons. The van der Waals surface area contributed by atoms with Gasteiger partial charge < -0.3 is 14.4 Å². The lowest BCUT2D eigenvalue weighted by Crippen LogP contribution is -2.00. The van der Waals surface area contributed by atoms with Crippen molar-refractivity contribution >= 4 is 5.97 Å². The molecule has 0 aliphatic carbocycles. The average Bonchev–Trinajstić information content (AvgIpc) is 2.80. The standard InChI is InChI=1S/C13H14N2O3/c1-15-7-11(13(17)18-2)14-12(15)10-5-3-9(8-16)4-6-10/h3-7,16H,8H2,1-2H3. The summed E-state index contributed by atoms with van der Waals surface area (Å²) >= 11 is 0. The molecule has 0 unspecified atom stereocenters. The van der Waals surface area contributed by atoms with Crippen LogP contribution in [0.4, 0.5) is 0 Å². The van der Waals surface area contributed by atoms with Gasteiger partial charge in [-0.25, -0.2) is 9.78 Å². The minimum absolute atomic E-state index is 0.00819. The third kappa shape index (κ3) is 2.26. The topological polar surface area (TPSA) is 64.3 Å². The number of nitrogens with zero attached hydrogens (tertiary/aromatic N) is 2. The van der Waals surface area contributed by atoms with Gasteiger partial charge in [-0.1, -0.05) is 24.3 Å². The number of carbonyl (C=O) groups excluding carboxylic acids is 1. The molecule has 0 aliphatic rings. The van der Waals surface area contributed by atoms with Crippen molar-refractivity contribution in [2.24, 2.45) is 7.05 Å². The highest BCUT2D eigenvalue weighted by Gasteiger charge is 2.13. The number of ether oxygens (including phenoxy) is 1. The molecule has 5 nitrogen and oxygen atoms in total. The Morgan fingerprint density at radius 2 is 2.06 bits per heavy atom. The summed E-state index contributed by atoms with van der Waals surface area (Å²) in [5, 5.41) is 8.98. The lowest BCUT2D eigenvalue weighted by molar-refractivity contribution is 0.0594. The first-order chi connectivity index (χ1) is 8.65. The summed E-state index contributed by atoms with van der Waals surface area (Å²) in [6.45, 7) is 0.00819. The van der Waals surface area contributed by atoms with Crippen molar-refractivity contribution in [3.05, 3.63) is 41.7 Å². The minimum Gasteiger partial charge on any atom is -0.464 e. The van der Waals surface area contributed by atoms with E-state index < -0.39 is 5.97 Å². The second-order valence-electron chi connectivity index (χ2n) is 3.91. The molecule has 0 fully saturated rings. The van der Waals surface area contributed by atoms with Crippen molar-refractivity contribution in [2.75, 3.05) is 7.11 Å². The van der Waals surface area contributed by atoms with Crippen LogP contribution in [-0.4, -0.2) is 27.7 Å². The van der Waals surface area contributed by atoms with Crippen LogP contribution in [0.5, 0.6) is 0 Å². The van der Waals surface area contributed by atoms with Crippen molar-refractivity contribution in [3.8, 4) is 11.4 Å². The lowest BCUT2D eigenvalue weighted by Gasteiger charge is -2.02. The Bertz CT molecular complexity index is 558. The quantitative estimate of drug-likeness (QED) is 0.831. The Labute approximate surface area is 105 Å². The fraction of sp³-hybridized carbons (Fsp3) is 0.231. The Balaban J connectivity index is 2.37. The first-order valence-electron chi connectivity index (χ1n) is 5.47. The maximum absolute atomic E-state index is 11.4. The van der Waals surface area contributed by atoms with Gasteiger partial charge in [-0.2, -0.15) is 0 Å². The Morgan fingerprint density at radius 1 is 1.39 bits per heavy atom. The molecule has 1 aromatic carbocycles. The molecule has 0 saturated carbocycles. The van der Waals surface area contributed by atoms with E-state index in [-0.39, 0.29) is 12.3 Å². The van der Waals surface area contributed by atoms with Gasteiger partial charge in [0.1, 0.15) is 5.82 Å². The van der Waals surface area contributed by atoms with Crippen molar-refractivity contribution < 1.29 is 14.6 Å². The number of aliphatic hydroxyl groups is 1. The number of hydrogen-bond acceptors (Lipinski definition) is 4. The zero-order valence-electron chi connectivity index (χ0n) is 10.3. The number of aromatic nitrogens is 2. The number of hydrogen-bond donors (Lipinski definition) is 1. The summed E-state index contributed by atoms with van der Waals surface area (Å²) in [4.78, 5) is 15.6. The van der Waals surface area contributed by atoms with Crippen molar-refractivity contribution in [2.45, 2.75) is 6.61 Å². The molecule has 2 aromatic rings. The number of benzene rings is 1. The number of imidazole rings is 1. The Hall–Kier alpha value is -2.14. The second kappa shape index (κ2) is 5.01. The minimum atomic E-state index is -0.455. The maximum atomic E-state index is 11.4. The van der Waals surface area contributed by atoms with Gasteiger partial charge >= 0.3 is 5.97 Å². The van der Waals surface area contributed by atoms with Gasteiger partial charge in [-0.05, 0) is 5.56 Å². The molecule has 1 heterocycles. The second-order valence-corrected chi connectivity index (χ2v) is 3.91. The SMILES string of the molecule is COC(=O)c1cn(C)c(-c2ccc(CO)cc2)n1. The molecule has 0 saturated heterocycles. The maximum Gasteiger partial charge on any atom is 0.358 e. The molecule has 1 N–H and O–H groups in total. The molecule has 5 heteroatoms. The zero-order chi connectivity index (χ0) is 13.1. The largest absolute Gasteiger partial charge is 0.464 e. The molecule has 0 aliphatic heterocycles. The van der Waals surface area contributed by atoms with Gasteiger partial charge in [0.05, 0.1) is 13.7 Å². The summed E-state index contributed by atoms with van der Waals surface area (Å²) in [6, 6.07) is 7.35. The molecule has 0 spiro atoms. The lowest BCUT2D eigenvalue weighted by atomic mass is 10.1. The first-order valence-corrected chi connectivity index (χ1v) is 5.47. The number of carbonyl (C=O) groups is 1. The van der Waals surface area contributed by atoms with Crippen LogP contribution in [0.2, 0.25) is 0 Å². The van der Waals surface area contributed by atoms with Crippen LogP contribution >= 0.6 is 0 Å². The number of esters is 1. The van der Waals surface area contributed by atoms with Crippen LogP contribution in [0.15, 0.2) is 30.5 Å². The molecular weight excluding hydrogens is 232 g/mol. The first kappa shape index (κ1) is 12.3. The van der Waals surface area contributed by atoms with Crippen LogP contribution in [-0.2, 0) is 18.4 Å². The summed E-state index contributed by atoms with van der Waals surface area (Å²) in [6.07, 6.45) is 1.63. The average molecular weight is 246 g/mol. The normalized spacial score (nSPS) is 10.4. The van der Waals surface area contributed by atoms with E-state index in [9.17, 15) is 4.79 Å². The highest BCUT2D eigenvalue weighted by molar-refractivity contribution is 5.87. The molecule has 0 atom stereocenters. The third-order valence-electron chi connectivity index (χ3n) is 2.67. The van der Waals surface area contributed by atoms with Gasteiger partial charge in [0.15, 0.2) is 5.69 Å². The molecule has 0 bridgehead atoms. The van der Waals surface area contributed by atoms with Crippen LogP contribution in [0.3, 0.4) is 0 Å². The molecule has 18 heavy (non-hydrogen) atoms. The van der Waals surface area contributed by atoms with E-state index in [1.807, 2.05) is 31.3 Å². The Morgan fingerprint density at radius 3 is 2.61 bits per heavy atom. The summed E-state index contributed by atoms with van der Waals surface area (Å²) in [5.41, 5.74) is 1.99. The highest BCUT2D eigenvalue weighted by Crippen LogP contribution is 2.19.